The number of rotatable bonds is 3. The SMILES string of the molecule is O=C(Nc1nc(Cl)ccc1[N+](=O)[O-])c1cc(F)ccc1O. The third kappa shape index (κ3) is 3.23. The molecule has 0 unspecified atom stereocenters. The lowest BCUT2D eigenvalue weighted by atomic mass is 10.2. The van der Waals surface area contributed by atoms with E-state index in [-0.39, 0.29) is 10.7 Å². The third-order valence-corrected chi connectivity index (χ3v) is 2.68. The van der Waals surface area contributed by atoms with E-state index >= 15 is 0 Å². The van der Waals surface area contributed by atoms with Gasteiger partial charge < -0.3 is 10.4 Å². The molecule has 0 radical (unpaired) electrons. The molecule has 0 aliphatic carbocycles. The molecule has 2 rings (SSSR count). The molecule has 0 saturated carbocycles. The number of hydrogen-bond donors (Lipinski definition) is 2. The Morgan fingerprint density at radius 2 is 2.10 bits per heavy atom. The second kappa shape index (κ2) is 5.71. The fourth-order valence-electron chi connectivity index (χ4n) is 1.53. The van der Waals surface area contributed by atoms with Crippen molar-refractivity contribution in [1.82, 2.24) is 4.98 Å². The minimum atomic E-state index is -0.954. The number of pyridine rings is 1. The van der Waals surface area contributed by atoms with Crippen molar-refractivity contribution in [3.8, 4) is 5.75 Å². The van der Waals surface area contributed by atoms with Crippen LogP contribution in [0.15, 0.2) is 30.3 Å². The number of nitrogens with one attached hydrogen (secondary N) is 1. The van der Waals surface area contributed by atoms with Gasteiger partial charge in [-0.1, -0.05) is 11.6 Å². The van der Waals surface area contributed by atoms with E-state index in [0.717, 1.165) is 24.3 Å². The smallest absolute Gasteiger partial charge is 0.311 e. The molecular weight excluding hydrogens is 305 g/mol. The predicted molar refractivity (Wildman–Crippen MR) is 71.9 cm³/mol. The molecule has 0 aliphatic rings. The van der Waals surface area contributed by atoms with Crippen LogP contribution >= 0.6 is 11.6 Å². The summed E-state index contributed by atoms with van der Waals surface area (Å²) in [6, 6.07) is 5.00. The van der Waals surface area contributed by atoms with E-state index in [1.54, 1.807) is 0 Å². The maximum Gasteiger partial charge on any atom is 0.311 e. The number of carbonyl (C=O) groups excluding carboxylic acids is 1. The summed E-state index contributed by atoms with van der Waals surface area (Å²) in [5, 5.41) is 22.4. The molecule has 108 valence electrons. The highest BCUT2D eigenvalue weighted by molar-refractivity contribution is 6.29. The van der Waals surface area contributed by atoms with E-state index < -0.39 is 33.9 Å². The Labute approximate surface area is 122 Å². The van der Waals surface area contributed by atoms with Gasteiger partial charge in [0.25, 0.3) is 5.91 Å². The Morgan fingerprint density at radius 3 is 2.76 bits per heavy atom. The number of nitro groups is 1. The lowest BCUT2D eigenvalue weighted by molar-refractivity contribution is -0.384. The quantitative estimate of drug-likeness (QED) is 0.515. The van der Waals surface area contributed by atoms with Crippen LogP contribution in [0.3, 0.4) is 0 Å². The minimum absolute atomic E-state index is 0.0700. The van der Waals surface area contributed by atoms with Crippen LogP contribution < -0.4 is 5.32 Å². The first-order chi connectivity index (χ1) is 9.88. The van der Waals surface area contributed by atoms with Crippen LogP contribution in [-0.4, -0.2) is 20.9 Å². The fourth-order valence-corrected chi connectivity index (χ4v) is 1.68. The molecule has 0 bridgehead atoms. The van der Waals surface area contributed by atoms with E-state index in [1.165, 1.54) is 6.07 Å². The second-order valence-electron chi connectivity index (χ2n) is 3.87. The molecule has 1 aromatic heterocycles. The number of anilines is 1. The Bertz CT molecular complexity index is 738. The summed E-state index contributed by atoms with van der Waals surface area (Å²) in [6.07, 6.45) is 0. The summed E-state index contributed by atoms with van der Waals surface area (Å²) in [4.78, 5) is 25.6. The number of phenols is 1. The molecule has 1 heterocycles. The summed E-state index contributed by atoms with van der Waals surface area (Å²) < 4.78 is 13.1. The van der Waals surface area contributed by atoms with Crippen LogP contribution in [0.25, 0.3) is 0 Å². The van der Waals surface area contributed by atoms with Crippen LogP contribution in [0.5, 0.6) is 5.75 Å². The Morgan fingerprint density at radius 1 is 1.38 bits per heavy atom. The van der Waals surface area contributed by atoms with Gasteiger partial charge in [0, 0.05) is 6.07 Å². The first-order valence-corrected chi connectivity index (χ1v) is 5.87. The van der Waals surface area contributed by atoms with Gasteiger partial charge in [0.2, 0.25) is 5.82 Å². The predicted octanol–water partition coefficient (Wildman–Crippen LogP) is 2.74. The van der Waals surface area contributed by atoms with Gasteiger partial charge >= 0.3 is 5.69 Å². The molecule has 0 fully saturated rings. The van der Waals surface area contributed by atoms with Crippen LogP contribution in [0, 0.1) is 15.9 Å². The molecule has 1 aromatic carbocycles. The van der Waals surface area contributed by atoms with Gasteiger partial charge in [-0.15, -0.1) is 0 Å². The van der Waals surface area contributed by atoms with E-state index in [9.17, 15) is 24.4 Å². The van der Waals surface area contributed by atoms with Crippen LogP contribution in [-0.2, 0) is 0 Å². The molecular formula is C12H7ClFN3O4. The zero-order chi connectivity index (χ0) is 15.6. The van der Waals surface area contributed by atoms with Crippen molar-refractivity contribution in [1.29, 1.82) is 0 Å². The maximum absolute atomic E-state index is 13.1. The monoisotopic (exact) mass is 311 g/mol. The van der Waals surface area contributed by atoms with Crippen molar-refractivity contribution in [3.05, 3.63) is 57.0 Å². The van der Waals surface area contributed by atoms with Crippen LogP contribution in [0.4, 0.5) is 15.9 Å². The lowest BCUT2D eigenvalue weighted by Crippen LogP contribution is -2.15. The summed E-state index contributed by atoms with van der Waals surface area (Å²) in [6.45, 7) is 0. The standard InChI is InChI=1S/C12H7ClFN3O4/c13-10-4-2-8(17(20)21)11(15-10)16-12(19)7-5-6(14)1-3-9(7)18/h1-5,18H,(H,15,16,19). The second-order valence-corrected chi connectivity index (χ2v) is 4.26. The number of nitrogens with zero attached hydrogens (tertiary/aromatic N) is 2. The van der Waals surface area contributed by atoms with Crippen LogP contribution in [0.2, 0.25) is 5.15 Å². The number of aromatic nitrogens is 1. The first kappa shape index (κ1) is 14.7. The van der Waals surface area contributed by atoms with Gasteiger partial charge in [-0.3, -0.25) is 14.9 Å². The number of carbonyl (C=O) groups is 1. The Hall–Kier alpha value is -2.74. The van der Waals surface area contributed by atoms with Crippen molar-refractivity contribution in [3.63, 3.8) is 0 Å². The first-order valence-electron chi connectivity index (χ1n) is 5.49. The van der Waals surface area contributed by atoms with Crippen molar-refractivity contribution in [2.45, 2.75) is 0 Å². The molecule has 7 nitrogen and oxygen atoms in total. The van der Waals surface area contributed by atoms with Gasteiger partial charge in [-0.05, 0) is 24.3 Å². The number of phenolic OH excluding ortho intramolecular Hbond substituents is 1. The largest absolute Gasteiger partial charge is 0.507 e. The van der Waals surface area contributed by atoms with E-state index in [0.29, 0.717) is 0 Å². The van der Waals surface area contributed by atoms with Gasteiger partial charge in [-0.2, -0.15) is 0 Å². The van der Waals surface area contributed by atoms with Crippen molar-refractivity contribution < 1.29 is 19.2 Å². The number of amides is 1. The summed E-state index contributed by atoms with van der Waals surface area (Å²) in [5.74, 6) is -2.57. The highest BCUT2D eigenvalue weighted by Gasteiger charge is 2.20. The summed E-state index contributed by atoms with van der Waals surface area (Å²) in [7, 11) is 0. The van der Waals surface area contributed by atoms with Gasteiger partial charge in [-0.25, -0.2) is 9.37 Å². The Balaban J connectivity index is 2.38. The molecule has 2 N–H and O–H groups in total. The average molecular weight is 312 g/mol. The highest BCUT2D eigenvalue weighted by atomic mass is 35.5. The number of benzene rings is 1. The topological polar surface area (TPSA) is 105 Å². The highest BCUT2D eigenvalue weighted by Crippen LogP contribution is 2.26. The van der Waals surface area contributed by atoms with E-state index in [4.69, 9.17) is 11.6 Å². The zero-order valence-electron chi connectivity index (χ0n) is 10.2. The normalized spacial score (nSPS) is 10.2. The summed E-state index contributed by atoms with van der Waals surface area (Å²) >= 11 is 5.61. The molecule has 9 heteroatoms. The molecule has 0 spiro atoms. The minimum Gasteiger partial charge on any atom is -0.507 e. The van der Waals surface area contributed by atoms with Crippen LogP contribution in [0.1, 0.15) is 10.4 Å². The molecule has 1 amide bonds. The molecule has 21 heavy (non-hydrogen) atoms. The van der Waals surface area contributed by atoms with Gasteiger partial charge in [0.05, 0.1) is 10.5 Å². The summed E-state index contributed by atoms with van der Waals surface area (Å²) in [5.41, 5.74) is -0.866. The molecule has 2 aromatic rings. The Kier molecular flexibility index (Phi) is 3.99. The number of hydrogen-bond acceptors (Lipinski definition) is 5. The molecule has 0 atom stereocenters. The molecule has 0 saturated heterocycles. The van der Waals surface area contributed by atoms with Gasteiger partial charge in [0.15, 0.2) is 0 Å². The van der Waals surface area contributed by atoms with E-state index in [1.807, 2.05) is 0 Å². The van der Waals surface area contributed by atoms with Crippen molar-refractivity contribution in [2.24, 2.45) is 0 Å². The zero-order valence-corrected chi connectivity index (χ0v) is 11.0. The number of halogens is 2. The third-order valence-electron chi connectivity index (χ3n) is 2.47. The molecule has 0 aliphatic heterocycles. The lowest BCUT2D eigenvalue weighted by Gasteiger charge is -2.07. The van der Waals surface area contributed by atoms with Crippen molar-refractivity contribution >= 4 is 29.0 Å². The number of aromatic hydroxyl groups is 1. The van der Waals surface area contributed by atoms with Gasteiger partial charge in [0.1, 0.15) is 16.7 Å². The maximum atomic E-state index is 13.1. The fraction of sp³-hybridized carbons (Fsp3) is 0. The van der Waals surface area contributed by atoms with Crippen molar-refractivity contribution in [2.75, 3.05) is 5.32 Å². The van der Waals surface area contributed by atoms with E-state index in [2.05, 4.69) is 10.3 Å². The average Bonchev–Trinajstić information content (AvgIpc) is 2.41.